The lowest BCUT2D eigenvalue weighted by molar-refractivity contribution is -0.123. The van der Waals surface area contributed by atoms with Gasteiger partial charge in [-0.25, -0.2) is 0 Å². The third-order valence-corrected chi connectivity index (χ3v) is 3.44. The fourth-order valence-corrected chi connectivity index (χ4v) is 2.02. The molecule has 1 saturated heterocycles. The summed E-state index contributed by atoms with van der Waals surface area (Å²) in [5.41, 5.74) is -1.26. The lowest BCUT2D eigenvalue weighted by atomic mass is 9.94. The van der Waals surface area contributed by atoms with Crippen molar-refractivity contribution in [3.8, 4) is 0 Å². The molecule has 1 aliphatic heterocycles. The molecular formula is C15H24O3. The van der Waals surface area contributed by atoms with Gasteiger partial charge in [0.25, 0.3) is 0 Å². The van der Waals surface area contributed by atoms with Crippen LogP contribution in [0.2, 0.25) is 0 Å². The van der Waals surface area contributed by atoms with Gasteiger partial charge in [-0.3, -0.25) is 4.79 Å². The van der Waals surface area contributed by atoms with E-state index in [0.717, 1.165) is 12.8 Å². The van der Waals surface area contributed by atoms with Crippen LogP contribution >= 0.6 is 0 Å². The van der Waals surface area contributed by atoms with Gasteiger partial charge in [-0.2, -0.15) is 0 Å². The number of hydrogen-bond acceptors (Lipinski definition) is 3. The number of ether oxygens (including phenoxy) is 1. The quantitative estimate of drug-likeness (QED) is 0.604. The first kappa shape index (κ1) is 15.1. The summed E-state index contributed by atoms with van der Waals surface area (Å²) < 4.78 is 5.88. The minimum Gasteiger partial charge on any atom is -0.386 e. The molecule has 0 bridgehead atoms. The molecule has 18 heavy (non-hydrogen) atoms. The second-order valence-electron chi connectivity index (χ2n) is 5.89. The minimum absolute atomic E-state index is 0.00422. The number of carbonyl (C=O) groups is 1. The maximum Gasteiger partial charge on any atom is 0.160 e. The Labute approximate surface area is 110 Å². The largest absolute Gasteiger partial charge is 0.386 e. The number of rotatable bonds is 5. The molecule has 1 unspecified atom stereocenters. The zero-order valence-corrected chi connectivity index (χ0v) is 11.8. The highest BCUT2D eigenvalue weighted by Gasteiger charge is 2.37. The Kier molecular flexibility index (Phi) is 4.51. The van der Waals surface area contributed by atoms with Gasteiger partial charge in [0.2, 0.25) is 0 Å². The van der Waals surface area contributed by atoms with Crippen LogP contribution in [-0.4, -0.2) is 28.2 Å². The second-order valence-corrected chi connectivity index (χ2v) is 5.89. The van der Waals surface area contributed by atoms with Gasteiger partial charge >= 0.3 is 0 Å². The summed E-state index contributed by atoms with van der Waals surface area (Å²) in [5.74, 6) is -0.194. The molecule has 0 aromatic rings. The lowest BCUT2D eigenvalue weighted by Gasteiger charge is -2.23. The van der Waals surface area contributed by atoms with Crippen LogP contribution in [0, 0.1) is 5.92 Å². The van der Waals surface area contributed by atoms with E-state index in [9.17, 15) is 9.90 Å². The third kappa shape index (κ3) is 4.07. The van der Waals surface area contributed by atoms with Crippen LogP contribution in [0.3, 0.4) is 0 Å². The Morgan fingerprint density at radius 1 is 1.61 bits per heavy atom. The van der Waals surface area contributed by atoms with Crippen molar-refractivity contribution in [1.29, 1.82) is 0 Å². The molecule has 0 aliphatic carbocycles. The maximum atomic E-state index is 12.0. The molecule has 1 fully saturated rings. The topological polar surface area (TPSA) is 46.5 Å². The lowest BCUT2D eigenvalue weighted by Crippen LogP contribution is -2.29. The standard InChI is InChI=1S/C15H24O3/c1-6-15(5)10-8-13(18-15)11(2)12(16)7-9-14(3,4)17/h6-7,9,11,13,17H,1,8,10H2,2-5H3/b9-7+/t11-,13?,15-/m0/s1. The predicted molar refractivity (Wildman–Crippen MR) is 72.3 cm³/mol. The summed E-state index contributed by atoms with van der Waals surface area (Å²) in [6.07, 6.45) is 6.48. The Balaban J connectivity index is 2.61. The van der Waals surface area contributed by atoms with Gasteiger partial charge in [-0.05, 0) is 39.7 Å². The van der Waals surface area contributed by atoms with Gasteiger partial charge in [-0.15, -0.1) is 6.58 Å². The van der Waals surface area contributed by atoms with Crippen molar-refractivity contribution in [2.45, 2.75) is 57.8 Å². The first-order valence-electron chi connectivity index (χ1n) is 6.44. The fraction of sp³-hybridized carbons (Fsp3) is 0.667. The Morgan fingerprint density at radius 3 is 2.67 bits per heavy atom. The molecule has 1 N–H and O–H groups in total. The molecule has 3 atom stereocenters. The van der Waals surface area contributed by atoms with E-state index in [1.54, 1.807) is 19.9 Å². The number of aliphatic hydroxyl groups is 1. The van der Waals surface area contributed by atoms with E-state index >= 15 is 0 Å². The van der Waals surface area contributed by atoms with Crippen molar-refractivity contribution in [2.24, 2.45) is 5.92 Å². The fourth-order valence-electron chi connectivity index (χ4n) is 2.02. The first-order valence-corrected chi connectivity index (χ1v) is 6.44. The SMILES string of the molecule is C=C[C@@]1(C)CCC([C@@H](C)C(=O)/C=C/C(C)(C)O)O1. The monoisotopic (exact) mass is 252 g/mol. The van der Waals surface area contributed by atoms with Crippen LogP contribution < -0.4 is 0 Å². The molecule has 3 nitrogen and oxygen atoms in total. The summed E-state index contributed by atoms with van der Waals surface area (Å²) in [5, 5.41) is 9.55. The summed E-state index contributed by atoms with van der Waals surface area (Å²) >= 11 is 0. The smallest absolute Gasteiger partial charge is 0.160 e. The van der Waals surface area contributed by atoms with Crippen LogP contribution in [0.4, 0.5) is 0 Å². The summed E-state index contributed by atoms with van der Waals surface area (Å²) in [7, 11) is 0. The van der Waals surface area contributed by atoms with E-state index in [4.69, 9.17) is 4.74 Å². The van der Waals surface area contributed by atoms with Crippen molar-refractivity contribution in [1.82, 2.24) is 0 Å². The van der Waals surface area contributed by atoms with E-state index in [1.165, 1.54) is 12.2 Å². The van der Waals surface area contributed by atoms with E-state index < -0.39 is 5.60 Å². The van der Waals surface area contributed by atoms with Crippen molar-refractivity contribution < 1.29 is 14.6 Å². The highest BCUT2D eigenvalue weighted by Crippen LogP contribution is 2.34. The number of allylic oxidation sites excluding steroid dienone is 1. The molecule has 0 spiro atoms. The third-order valence-electron chi connectivity index (χ3n) is 3.44. The van der Waals surface area contributed by atoms with Crippen molar-refractivity contribution in [3.63, 3.8) is 0 Å². The normalized spacial score (nSPS) is 30.6. The molecular weight excluding hydrogens is 228 g/mol. The molecule has 102 valence electrons. The molecule has 0 amide bonds. The second kappa shape index (κ2) is 5.37. The van der Waals surface area contributed by atoms with E-state index in [-0.39, 0.29) is 23.4 Å². The molecule has 1 rings (SSSR count). The average Bonchev–Trinajstić information content (AvgIpc) is 2.67. The van der Waals surface area contributed by atoms with Crippen LogP contribution in [0.25, 0.3) is 0 Å². The molecule has 3 heteroatoms. The Morgan fingerprint density at radius 2 is 2.22 bits per heavy atom. The molecule has 0 aromatic heterocycles. The molecule has 0 saturated carbocycles. The molecule has 0 radical (unpaired) electrons. The molecule has 0 aromatic carbocycles. The van der Waals surface area contributed by atoms with Gasteiger partial charge in [0, 0.05) is 5.92 Å². The average molecular weight is 252 g/mol. The highest BCUT2D eigenvalue weighted by molar-refractivity contribution is 5.92. The van der Waals surface area contributed by atoms with Crippen LogP contribution in [0.1, 0.15) is 40.5 Å². The molecule has 1 heterocycles. The minimum atomic E-state index is -0.957. The molecule has 1 aliphatic rings. The predicted octanol–water partition coefficient (Wildman–Crippen LogP) is 2.64. The van der Waals surface area contributed by atoms with Crippen molar-refractivity contribution in [3.05, 3.63) is 24.8 Å². The van der Waals surface area contributed by atoms with E-state index in [1.807, 2.05) is 13.8 Å². The van der Waals surface area contributed by atoms with Gasteiger partial charge in [0.1, 0.15) is 0 Å². The highest BCUT2D eigenvalue weighted by atomic mass is 16.5. The van der Waals surface area contributed by atoms with Gasteiger partial charge in [0.15, 0.2) is 5.78 Å². The van der Waals surface area contributed by atoms with Gasteiger partial charge in [-0.1, -0.05) is 19.1 Å². The first-order chi connectivity index (χ1) is 8.17. The van der Waals surface area contributed by atoms with E-state index in [0.29, 0.717) is 0 Å². The summed E-state index contributed by atoms with van der Waals surface area (Å²) in [6.45, 7) is 10.9. The van der Waals surface area contributed by atoms with Crippen LogP contribution in [-0.2, 0) is 9.53 Å². The summed E-state index contributed by atoms with van der Waals surface area (Å²) in [6, 6.07) is 0. The Hall–Kier alpha value is -0.930. The van der Waals surface area contributed by atoms with Crippen LogP contribution in [0.15, 0.2) is 24.8 Å². The number of hydrogen-bond donors (Lipinski definition) is 1. The van der Waals surface area contributed by atoms with Gasteiger partial charge < -0.3 is 9.84 Å². The zero-order chi connectivity index (χ0) is 14.0. The summed E-state index contributed by atoms with van der Waals surface area (Å²) in [4.78, 5) is 12.0. The maximum absolute atomic E-state index is 12.0. The van der Waals surface area contributed by atoms with Crippen molar-refractivity contribution in [2.75, 3.05) is 0 Å². The van der Waals surface area contributed by atoms with Gasteiger partial charge in [0.05, 0.1) is 17.3 Å². The van der Waals surface area contributed by atoms with Crippen LogP contribution in [0.5, 0.6) is 0 Å². The van der Waals surface area contributed by atoms with E-state index in [2.05, 4.69) is 6.58 Å². The number of carbonyl (C=O) groups excluding carboxylic acids is 1. The number of ketones is 1. The Bertz CT molecular complexity index is 351. The zero-order valence-electron chi connectivity index (χ0n) is 11.8. The van der Waals surface area contributed by atoms with Crippen molar-refractivity contribution >= 4 is 5.78 Å².